The van der Waals surface area contributed by atoms with Crippen molar-refractivity contribution in [2.45, 2.75) is 4.90 Å². The topological polar surface area (TPSA) is 99.0 Å². The molecule has 5 nitrogen and oxygen atoms in total. The highest BCUT2D eigenvalue weighted by Gasteiger charge is 2.13. The number of rotatable bonds is 1. The molecule has 0 aliphatic carbocycles. The molecule has 0 fully saturated rings. The summed E-state index contributed by atoms with van der Waals surface area (Å²) in [6, 6.07) is 11.6. The normalized spacial score (nSPS) is 11.6. The third-order valence-electron chi connectivity index (χ3n) is 2.65. The summed E-state index contributed by atoms with van der Waals surface area (Å²) in [6.45, 7) is 0. The van der Waals surface area contributed by atoms with Gasteiger partial charge < -0.3 is 9.89 Å². The molecule has 94 valence electrons. The summed E-state index contributed by atoms with van der Waals surface area (Å²) in [4.78, 5) is -0.128. The van der Waals surface area contributed by atoms with Crippen molar-refractivity contribution in [3.8, 4) is 0 Å². The van der Waals surface area contributed by atoms with E-state index >= 15 is 0 Å². The Labute approximate surface area is 103 Å². The molecular formula is C12H10O5S. The van der Waals surface area contributed by atoms with Crippen LogP contribution in [-0.4, -0.2) is 18.4 Å². The van der Waals surface area contributed by atoms with Gasteiger partial charge in [-0.25, -0.2) is 0 Å². The van der Waals surface area contributed by atoms with Gasteiger partial charge in [-0.2, -0.15) is 8.42 Å². The molecule has 18 heavy (non-hydrogen) atoms. The van der Waals surface area contributed by atoms with Crippen LogP contribution in [0, 0.1) is 0 Å². The molecule has 0 spiro atoms. The van der Waals surface area contributed by atoms with Crippen LogP contribution in [-0.2, 0) is 10.1 Å². The van der Waals surface area contributed by atoms with Crippen molar-refractivity contribution in [1.29, 1.82) is 0 Å². The molecule has 0 radical (unpaired) electrons. The van der Waals surface area contributed by atoms with Crippen LogP contribution in [0.25, 0.3) is 21.9 Å². The minimum Gasteiger partial charge on any atom is -0.456 e. The third-order valence-corrected chi connectivity index (χ3v) is 3.50. The fraction of sp³-hybridized carbons (Fsp3) is 0. The van der Waals surface area contributed by atoms with Crippen LogP contribution < -0.4 is 0 Å². The van der Waals surface area contributed by atoms with Gasteiger partial charge in [-0.05, 0) is 24.3 Å². The van der Waals surface area contributed by atoms with Gasteiger partial charge in [0.05, 0.1) is 4.90 Å². The molecule has 3 N–H and O–H groups in total. The van der Waals surface area contributed by atoms with Crippen LogP contribution in [0.1, 0.15) is 0 Å². The van der Waals surface area contributed by atoms with Gasteiger partial charge in [-0.15, -0.1) is 0 Å². The second-order valence-electron chi connectivity index (χ2n) is 3.73. The Balaban J connectivity index is 0.00000120. The Hall–Kier alpha value is -1.89. The molecule has 6 heteroatoms. The largest absolute Gasteiger partial charge is 0.456 e. The Morgan fingerprint density at radius 1 is 0.944 bits per heavy atom. The summed E-state index contributed by atoms with van der Waals surface area (Å²) < 4.78 is 36.7. The van der Waals surface area contributed by atoms with Gasteiger partial charge in [0.2, 0.25) is 0 Å². The summed E-state index contributed by atoms with van der Waals surface area (Å²) in [5, 5.41) is 1.50. The second kappa shape index (κ2) is 4.09. The van der Waals surface area contributed by atoms with Crippen LogP contribution in [0.15, 0.2) is 51.8 Å². The highest BCUT2D eigenvalue weighted by atomic mass is 32.2. The minimum atomic E-state index is -4.18. The van der Waals surface area contributed by atoms with Crippen LogP contribution in [0.5, 0.6) is 0 Å². The molecule has 1 heterocycles. The monoisotopic (exact) mass is 266 g/mol. The first-order valence-corrected chi connectivity index (χ1v) is 6.38. The molecule has 0 saturated heterocycles. The lowest BCUT2D eigenvalue weighted by atomic mass is 10.1. The van der Waals surface area contributed by atoms with E-state index in [9.17, 15) is 8.42 Å². The van der Waals surface area contributed by atoms with Crippen molar-refractivity contribution >= 4 is 32.1 Å². The number of fused-ring (bicyclic) bond motifs is 3. The molecule has 1 aromatic heterocycles. The maximum atomic E-state index is 11.1. The van der Waals surface area contributed by atoms with Crippen molar-refractivity contribution in [3.63, 3.8) is 0 Å². The number of furan rings is 1. The molecule has 0 unspecified atom stereocenters. The van der Waals surface area contributed by atoms with E-state index in [2.05, 4.69) is 0 Å². The average molecular weight is 266 g/mol. The summed E-state index contributed by atoms with van der Waals surface area (Å²) in [5.74, 6) is 0. The zero-order valence-corrected chi connectivity index (χ0v) is 9.94. The van der Waals surface area contributed by atoms with E-state index in [-0.39, 0.29) is 10.4 Å². The van der Waals surface area contributed by atoms with Crippen molar-refractivity contribution < 1.29 is 22.9 Å². The van der Waals surface area contributed by atoms with Crippen LogP contribution >= 0.6 is 0 Å². The second-order valence-corrected chi connectivity index (χ2v) is 5.15. The van der Waals surface area contributed by atoms with Gasteiger partial charge in [0.15, 0.2) is 0 Å². The molecule has 0 aliphatic rings. The van der Waals surface area contributed by atoms with Crippen LogP contribution in [0.4, 0.5) is 0 Å². The van der Waals surface area contributed by atoms with E-state index in [1.807, 2.05) is 24.3 Å². The third kappa shape index (κ3) is 1.86. The Morgan fingerprint density at radius 3 is 2.33 bits per heavy atom. The van der Waals surface area contributed by atoms with Crippen molar-refractivity contribution in [1.82, 2.24) is 0 Å². The number of benzene rings is 2. The fourth-order valence-corrected chi connectivity index (χ4v) is 2.37. The maximum Gasteiger partial charge on any atom is 0.294 e. The van der Waals surface area contributed by atoms with Crippen molar-refractivity contribution in [2.24, 2.45) is 0 Å². The fourth-order valence-electron chi connectivity index (χ4n) is 1.87. The first-order chi connectivity index (χ1) is 8.05. The van der Waals surface area contributed by atoms with Gasteiger partial charge in [-0.1, -0.05) is 18.2 Å². The van der Waals surface area contributed by atoms with Gasteiger partial charge in [0, 0.05) is 10.8 Å². The van der Waals surface area contributed by atoms with Gasteiger partial charge in [0.1, 0.15) is 11.2 Å². The number of hydrogen-bond donors (Lipinski definition) is 1. The summed E-state index contributed by atoms with van der Waals surface area (Å²) in [7, 11) is -4.18. The van der Waals surface area contributed by atoms with Crippen LogP contribution in [0.2, 0.25) is 0 Å². The molecule has 3 aromatic rings. The van der Waals surface area contributed by atoms with Gasteiger partial charge in [-0.3, -0.25) is 4.55 Å². The molecule has 0 saturated carbocycles. The zero-order chi connectivity index (χ0) is 12.0. The maximum absolute atomic E-state index is 11.1. The standard InChI is InChI=1S/C12H8O4S.H2O/c13-17(14,15)8-5-6-12-10(7-8)9-3-1-2-4-11(9)16-12;/h1-7H,(H,13,14,15);1H2. The van der Waals surface area contributed by atoms with Crippen molar-refractivity contribution in [3.05, 3.63) is 42.5 Å². The Morgan fingerprint density at radius 2 is 1.61 bits per heavy atom. The Kier molecular flexibility index (Phi) is 2.86. The number of para-hydroxylation sites is 1. The molecule has 0 atom stereocenters. The first kappa shape index (κ1) is 12.6. The van der Waals surface area contributed by atoms with E-state index in [1.54, 1.807) is 6.07 Å². The van der Waals surface area contributed by atoms with E-state index in [4.69, 9.17) is 8.97 Å². The predicted molar refractivity (Wildman–Crippen MR) is 67.1 cm³/mol. The first-order valence-electron chi connectivity index (χ1n) is 4.94. The Bertz CT molecular complexity index is 817. The quantitative estimate of drug-likeness (QED) is 0.681. The molecular weight excluding hydrogens is 256 g/mol. The van der Waals surface area contributed by atoms with E-state index < -0.39 is 10.1 Å². The van der Waals surface area contributed by atoms with E-state index in [1.165, 1.54) is 12.1 Å². The molecule has 0 amide bonds. The lowest BCUT2D eigenvalue weighted by Crippen LogP contribution is -1.96. The summed E-state index contributed by atoms with van der Waals surface area (Å²) in [5.41, 5.74) is 1.29. The highest BCUT2D eigenvalue weighted by molar-refractivity contribution is 7.85. The minimum absolute atomic E-state index is 0. The van der Waals surface area contributed by atoms with Gasteiger partial charge in [0.25, 0.3) is 10.1 Å². The van der Waals surface area contributed by atoms with Crippen molar-refractivity contribution in [2.75, 3.05) is 0 Å². The molecule has 0 bridgehead atoms. The SMILES string of the molecule is O.O=S(=O)(O)c1ccc2oc3ccccc3c2c1. The zero-order valence-electron chi connectivity index (χ0n) is 9.12. The smallest absolute Gasteiger partial charge is 0.294 e. The van der Waals surface area contributed by atoms with Gasteiger partial charge >= 0.3 is 0 Å². The molecule has 3 rings (SSSR count). The molecule has 0 aliphatic heterocycles. The summed E-state index contributed by atoms with van der Waals surface area (Å²) >= 11 is 0. The average Bonchev–Trinajstić information content (AvgIpc) is 2.65. The summed E-state index contributed by atoms with van der Waals surface area (Å²) in [6.07, 6.45) is 0. The highest BCUT2D eigenvalue weighted by Crippen LogP contribution is 2.29. The molecule has 2 aromatic carbocycles. The predicted octanol–water partition coefficient (Wildman–Crippen LogP) is 2.01. The van der Waals surface area contributed by atoms with E-state index in [0.717, 1.165) is 5.39 Å². The van der Waals surface area contributed by atoms with Crippen LogP contribution in [0.3, 0.4) is 0 Å². The number of hydrogen-bond acceptors (Lipinski definition) is 3. The van der Waals surface area contributed by atoms with E-state index in [0.29, 0.717) is 16.6 Å². The lowest BCUT2D eigenvalue weighted by Gasteiger charge is -1.95. The lowest BCUT2D eigenvalue weighted by molar-refractivity contribution is 0.483.